The molecule has 2 rings (SSSR count). The van der Waals surface area contributed by atoms with Gasteiger partial charge in [-0.1, -0.05) is 11.6 Å². The number of halogens is 4. The molecule has 0 radical (unpaired) electrons. The molecule has 1 aliphatic heterocycles. The third-order valence-corrected chi connectivity index (χ3v) is 3.93. The van der Waals surface area contributed by atoms with E-state index in [0.29, 0.717) is 0 Å². The van der Waals surface area contributed by atoms with E-state index in [4.69, 9.17) is 16.3 Å². The number of hydrogen-bond acceptors (Lipinski definition) is 4. The van der Waals surface area contributed by atoms with Crippen molar-refractivity contribution in [3.05, 3.63) is 16.9 Å². The van der Waals surface area contributed by atoms with Crippen LogP contribution in [0.4, 0.5) is 13.2 Å². The third-order valence-electron chi connectivity index (χ3n) is 3.65. The van der Waals surface area contributed by atoms with Gasteiger partial charge in [0, 0.05) is 13.7 Å². The monoisotopic (exact) mass is 325 g/mol. The Bertz CT molecular complexity index is 524. The summed E-state index contributed by atoms with van der Waals surface area (Å²) in [6, 6.07) is 0. The fourth-order valence-corrected chi connectivity index (χ4v) is 2.65. The molecule has 0 aromatic carbocycles. The highest BCUT2D eigenvalue weighted by Gasteiger charge is 2.62. The first-order chi connectivity index (χ1) is 9.83. The summed E-state index contributed by atoms with van der Waals surface area (Å²) in [7, 11) is 1.45. The van der Waals surface area contributed by atoms with Crippen molar-refractivity contribution in [1.82, 2.24) is 15.1 Å². The Labute approximate surface area is 124 Å². The minimum atomic E-state index is -4.65. The van der Waals surface area contributed by atoms with Crippen LogP contribution in [0.5, 0.6) is 0 Å². The molecule has 0 amide bonds. The Morgan fingerprint density at radius 2 is 2.33 bits per heavy atom. The van der Waals surface area contributed by atoms with Crippen LogP contribution >= 0.6 is 11.6 Å². The summed E-state index contributed by atoms with van der Waals surface area (Å²) in [4.78, 5) is 12.5. The van der Waals surface area contributed by atoms with Crippen LogP contribution in [0.3, 0.4) is 0 Å². The van der Waals surface area contributed by atoms with Gasteiger partial charge < -0.3 is 10.1 Å². The van der Waals surface area contributed by atoms with Gasteiger partial charge in [-0.25, -0.2) is 0 Å². The van der Waals surface area contributed by atoms with Crippen LogP contribution in [0.25, 0.3) is 0 Å². The van der Waals surface area contributed by atoms with Gasteiger partial charge >= 0.3 is 6.18 Å². The van der Waals surface area contributed by atoms with Crippen LogP contribution in [-0.4, -0.2) is 48.5 Å². The molecule has 0 aliphatic carbocycles. The molecule has 9 heteroatoms. The van der Waals surface area contributed by atoms with E-state index >= 15 is 0 Å². The van der Waals surface area contributed by atoms with Crippen LogP contribution in [-0.2, 0) is 11.3 Å². The molecule has 1 fully saturated rings. The Morgan fingerprint density at radius 1 is 1.62 bits per heavy atom. The van der Waals surface area contributed by atoms with Crippen molar-refractivity contribution >= 4 is 17.4 Å². The average Bonchev–Trinajstić information content (AvgIpc) is 3.02. The number of nitrogens with zero attached hydrogens (tertiary/aromatic N) is 2. The second-order valence-corrected chi connectivity index (χ2v) is 5.30. The van der Waals surface area contributed by atoms with E-state index in [-0.39, 0.29) is 36.8 Å². The molecule has 1 aromatic rings. The summed E-state index contributed by atoms with van der Waals surface area (Å²) in [5, 5.41) is 6.38. The van der Waals surface area contributed by atoms with Gasteiger partial charge in [-0.15, -0.1) is 0 Å². The molecule has 1 atom stereocenters. The molecule has 0 saturated carbocycles. The van der Waals surface area contributed by atoms with Gasteiger partial charge in [0.15, 0.2) is 5.78 Å². The number of aromatic nitrogens is 2. The molecule has 21 heavy (non-hydrogen) atoms. The lowest BCUT2D eigenvalue weighted by Gasteiger charge is -2.29. The number of methoxy groups -OCH3 is 1. The summed E-state index contributed by atoms with van der Waals surface area (Å²) in [5.74, 6) is -1.04. The quantitative estimate of drug-likeness (QED) is 0.840. The van der Waals surface area contributed by atoms with Crippen LogP contribution in [0.2, 0.25) is 5.02 Å². The van der Waals surface area contributed by atoms with Gasteiger partial charge in [0.1, 0.15) is 11.1 Å². The van der Waals surface area contributed by atoms with Crippen LogP contribution in [0.15, 0.2) is 6.20 Å². The molecule has 0 spiro atoms. The third kappa shape index (κ3) is 2.79. The number of alkyl halides is 3. The standard InChI is InChI=1S/C12H15ClF3N3O2/c1-21-5-4-19-9(8(13)6-18-19)10(20)11(12(14,15)16)2-3-17-7-11/h6,17H,2-5,7H2,1H3. The van der Waals surface area contributed by atoms with Crippen molar-refractivity contribution in [2.45, 2.75) is 19.1 Å². The maximum Gasteiger partial charge on any atom is 0.403 e. The fourth-order valence-electron chi connectivity index (χ4n) is 2.42. The van der Waals surface area contributed by atoms with Gasteiger partial charge in [-0.2, -0.15) is 18.3 Å². The number of nitrogens with one attached hydrogen (secondary N) is 1. The first-order valence-corrected chi connectivity index (χ1v) is 6.74. The zero-order chi connectivity index (χ0) is 15.7. The van der Waals surface area contributed by atoms with Gasteiger partial charge in [-0.05, 0) is 13.0 Å². The Hall–Kier alpha value is -1.12. The van der Waals surface area contributed by atoms with E-state index in [1.165, 1.54) is 18.0 Å². The SMILES string of the molecule is COCCn1ncc(Cl)c1C(=O)C1(C(F)(F)F)CCNC1. The first-order valence-electron chi connectivity index (χ1n) is 6.36. The Morgan fingerprint density at radius 3 is 2.86 bits per heavy atom. The van der Waals surface area contributed by atoms with Crippen molar-refractivity contribution in [2.24, 2.45) is 5.41 Å². The Balaban J connectivity index is 2.41. The van der Waals surface area contributed by atoms with Crippen molar-refractivity contribution in [1.29, 1.82) is 0 Å². The molecule has 1 N–H and O–H groups in total. The molecule has 118 valence electrons. The summed E-state index contributed by atoms with van der Waals surface area (Å²) in [6.07, 6.45) is -3.77. The predicted octanol–water partition coefficient (Wildman–Crippen LogP) is 1.91. The molecular formula is C12H15ClF3N3O2. The van der Waals surface area contributed by atoms with E-state index in [0.717, 1.165) is 0 Å². The smallest absolute Gasteiger partial charge is 0.383 e. The number of carbonyl (C=O) groups is 1. The van der Waals surface area contributed by atoms with Gasteiger partial charge in [-0.3, -0.25) is 9.48 Å². The highest BCUT2D eigenvalue weighted by atomic mass is 35.5. The zero-order valence-corrected chi connectivity index (χ0v) is 12.1. The second kappa shape index (κ2) is 5.94. The van der Waals surface area contributed by atoms with Crippen LogP contribution in [0.1, 0.15) is 16.9 Å². The van der Waals surface area contributed by atoms with Crippen LogP contribution < -0.4 is 5.32 Å². The maximum absolute atomic E-state index is 13.4. The number of hydrogen-bond donors (Lipinski definition) is 1. The van der Waals surface area contributed by atoms with Crippen LogP contribution in [0, 0.1) is 5.41 Å². The lowest BCUT2D eigenvalue weighted by Crippen LogP contribution is -2.47. The number of ether oxygens (including phenoxy) is 1. The molecule has 1 aliphatic rings. The minimum Gasteiger partial charge on any atom is -0.383 e. The summed E-state index contributed by atoms with van der Waals surface area (Å²) in [6.45, 7) is 0.0669. The largest absolute Gasteiger partial charge is 0.403 e. The first kappa shape index (κ1) is 16.3. The number of ketones is 1. The Kier molecular flexibility index (Phi) is 4.60. The maximum atomic E-state index is 13.4. The molecule has 5 nitrogen and oxygen atoms in total. The average molecular weight is 326 g/mol. The number of Topliss-reactive ketones (excluding diaryl/α,β-unsaturated/α-hetero) is 1. The summed E-state index contributed by atoms with van der Waals surface area (Å²) in [5.41, 5.74) is -2.66. The minimum absolute atomic E-state index is 0.0772. The van der Waals surface area contributed by atoms with Crippen molar-refractivity contribution in [3.63, 3.8) is 0 Å². The van der Waals surface area contributed by atoms with E-state index in [9.17, 15) is 18.0 Å². The summed E-state index contributed by atoms with van der Waals surface area (Å²) >= 11 is 5.88. The van der Waals surface area contributed by atoms with E-state index in [2.05, 4.69) is 10.4 Å². The fraction of sp³-hybridized carbons (Fsp3) is 0.667. The zero-order valence-electron chi connectivity index (χ0n) is 11.3. The van der Waals surface area contributed by atoms with Gasteiger partial charge in [0.2, 0.25) is 0 Å². The van der Waals surface area contributed by atoms with Gasteiger partial charge in [0.05, 0.1) is 24.4 Å². The van der Waals surface area contributed by atoms with Crippen molar-refractivity contribution < 1.29 is 22.7 Å². The van der Waals surface area contributed by atoms with E-state index in [1.54, 1.807) is 0 Å². The van der Waals surface area contributed by atoms with E-state index < -0.39 is 23.9 Å². The highest BCUT2D eigenvalue weighted by Crippen LogP contribution is 2.46. The normalized spacial score (nSPS) is 22.7. The van der Waals surface area contributed by atoms with E-state index in [1.807, 2.05) is 0 Å². The highest BCUT2D eigenvalue weighted by molar-refractivity contribution is 6.33. The molecule has 1 unspecified atom stereocenters. The number of carbonyl (C=O) groups excluding carboxylic acids is 1. The molecule has 0 bridgehead atoms. The lowest BCUT2D eigenvalue weighted by atomic mass is 9.80. The molecular weight excluding hydrogens is 311 g/mol. The topological polar surface area (TPSA) is 56.2 Å². The van der Waals surface area contributed by atoms with Gasteiger partial charge in [0.25, 0.3) is 0 Å². The number of rotatable bonds is 5. The molecule has 2 heterocycles. The van der Waals surface area contributed by atoms with Crippen molar-refractivity contribution in [3.8, 4) is 0 Å². The lowest BCUT2D eigenvalue weighted by molar-refractivity contribution is -0.197. The molecule has 1 saturated heterocycles. The summed E-state index contributed by atoms with van der Waals surface area (Å²) < 4.78 is 46.3. The second-order valence-electron chi connectivity index (χ2n) is 4.89. The van der Waals surface area contributed by atoms with Crippen molar-refractivity contribution in [2.75, 3.05) is 26.8 Å². The predicted molar refractivity (Wildman–Crippen MR) is 69.4 cm³/mol. The molecule has 1 aromatic heterocycles.